The highest BCUT2D eigenvalue weighted by molar-refractivity contribution is 7.99. The summed E-state index contributed by atoms with van der Waals surface area (Å²) in [5.74, 6) is 0.356. The fourth-order valence-corrected chi connectivity index (χ4v) is 5.13. The van der Waals surface area contributed by atoms with Crippen molar-refractivity contribution in [3.63, 3.8) is 0 Å². The van der Waals surface area contributed by atoms with Gasteiger partial charge in [0, 0.05) is 16.9 Å². The van der Waals surface area contributed by atoms with Crippen LogP contribution in [-0.2, 0) is 4.79 Å². The summed E-state index contributed by atoms with van der Waals surface area (Å²) in [5.41, 5.74) is 1.15. The van der Waals surface area contributed by atoms with Gasteiger partial charge >= 0.3 is 0 Å². The molecule has 1 aliphatic rings. The Balaban J connectivity index is 1.40. The maximum Gasteiger partial charge on any atom is 0.268 e. The first kappa shape index (κ1) is 21.3. The summed E-state index contributed by atoms with van der Waals surface area (Å²) in [4.78, 5) is 13.6. The Bertz CT molecular complexity index is 1120. The zero-order valence-electron chi connectivity index (χ0n) is 17.1. The molecule has 1 aliphatic carbocycles. The lowest BCUT2D eigenvalue weighted by Gasteiger charge is -2.18. The molecular weight excluding hydrogens is 428 g/mol. The lowest BCUT2D eigenvalue weighted by Crippen LogP contribution is -2.13. The van der Waals surface area contributed by atoms with Crippen molar-refractivity contribution < 1.29 is 9.21 Å². The lowest BCUT2D eigenvalue weighted by atomic mass is 9.90. The van der Waals surface area contributed by atoms with Crippen molar-refractivity contribution in [2.24, 2.45) is 0 Å². The Kier molecular flexibility index (Phi) is 6.85. The number of carbonyl (C=O) groups is 1. The Morgan fingerprint density at radius 1 is 1.19 bits per heavy atom. The van der Waals surface area contributed by atoms with Crippen LogP contribution in [0.1, 0.15) is 54.4 Å². The van der Waals surface area contributed by atoms with E-state index in [4.69, 9.17) is 4.42 Å². The van der Waals surface area contributed by atoms with Gasteiger partial charge in [-0.15, -0.1) is 10.2 Å². The summed E-state index contributed by atoms with van der Waals surface area (Å²) >= 11 is 2.87. The number of rotatable bonds is 6. The first-order valence-corrected chi connectivity index (χ1v) is 11.8. The molecule has 1 amide bonds. The molecule has 0 atom stereocenters. The summed E-state index contributed by atoms with van der Waals surface area (Å²) in [6.45, 7) is 2.04. The van der Waals surface area contributed by atoms with Crippen LogP contribution in [0.2, 0.25) is 0 Å². The quantitative estimate of drug-likeness (QED) is 0.356. The molecule has 1 fully saturated rings. The third-order valence-electron chi connectivity index (χ3n) is 5.11. The highest BCUT2D eigenvalue weighted by Crippen LogP contribution is 2.35. The predicted octanol–water partition coefficient (Wildman–Crippen LogP) is 6.18. The standard InChI is InChI=1S/C23H22N4O2S2/c1-15-7-10-19(11-8-15)30-20-12-9-18(29-20)13-17(14-24)21(28)25-23-27-26-22(31-23)16-5-3-2-4-6-16/h7-13,16H,2-6H2,1H3,(H,25,27,28)/b17-13-. The molecule has 0 saturated heterocycles. The second-order valence-corrected chi connectivity index (χ2v) is 9.56. The molecule has 4 rings (SSSR count). The smallest absolute Gasteiger partial charge is 0.268 e. The first-order chi connectivity index (χ1) is 15.1. The number of amides is 1. The summed E-state index contributed by atoms with van der Waals surface area (Å²) in [5, 5.41) is 22.5. The fraction of sp³-hybridized carbons (Fsp3) is 0.304. The molecule has 2 heterocycles. The van der Waals surface area contributed by atoms with Gasteiger partial charge in [0.05, 0.1) is 0 Å². The molecule has 1 N–H and O–H groups in total. The van der Waals surface area contributed by atoms with Gasteiger partial charge in [0.1, 0.15) is 22.4 Å². The predicted molar refractivity (Wildman–Crippen MR) is 122 cm³/mol. The van der Waals surface area contributed by atoms with E-state index in [2.05, 4.69) is 15.5 Å². The molecule has 0 spiro atoms. The minimum absolute atomic E-state index is 0.0457. The number of carbonyl (C=O) groups excluding carboxylic acids is 1. The minimum Gasteiger partial charge on any atom is -0.450 e. The number of hydrogen-bond acceptors (Lipinski definition) is 7. The maximum atomic E-state index is 12.6. The highest BCUT2D eigenvalue weighted by Gasteiger charge is 2.21. The van der Waals surface area contributed by atoms with Gasteiger partial charge in [-0.25, -0.2) is 0 Å². The lowest BCUT2D eigenvalue weighted by molar-refractivity contribution is -0.112. The third-order valence-corrected chi connectivity index (χ3v) is 7.04. The van der Waals surface area contributed by atoms with Crippen molar-refractivity contribution in [3.05, 3.63) is 58.3 Å². The van der Waals surface area contributed by atoms with Gasteiger partial charge in [-0.3, -0.25) is 10.1 Å². The molecule has 3 aromatic rings. The topological polar surface area (TPSA) is 91.8 Å². The van der Waals surface area contributed by atoms with E-state index in [-0.39, 0.29) is 5.57 Å². The fourth-order valence-electron chi connectivity index (χ4n) is 3.44. The summed E-state index contributed by atoms with van der Waals surface area (Å²) in [6.07, 6.45) is 7.37. The van der Waals surface area contributed by atoms with E-state index in [1.807, 2.05) is 43.3 Å². The molecule has 1 aromatic carbocycles. The van der Waals surface area contributed by atoms with Crippen LogP contribution in [0.15, 0.2) is 56.4 Å². The Morgan fingerprint density at radius 3 is 2.71 bits per heavy atom. The zero-order valence-corrected chi connectivity index (χ0v) is 18.8. The van der Waals surface area contributed by atoms with Crippen molar-refractivity contribution >= 4 is 40.2 Å². The normalized spacial score (nSPS) is 14.9. The van der Waals surface area contributed by atoms with E-state index >= 15 is 0 Å². The summed E-state index contributed by atoms with van der Waals surface area (Å²) < 4.78 is 5.76. The van der Waals surface area contributed by atoms with E-state index in [0.717, 1.165) is 22.7 Å². The van der Waals surface area contributed by atoms with Gasteiger partial charge < -0.3 is 4.42 Å². The number of hydrogen-bond donors (Lipinski definition) is 1. The van der Waals surface area contributed by atoms with E-state index in [0.29, 0.717) is 21.9 Å². The van der Waals surface area contributed by atoms with Crippen molar-refractivity contribution in [2.75, 3.05) is 5.32 Å². The molecule has 8 heteroatoms. The van der Waals surface area contributed by atoms with Crippen LogP contribution in [-0.4, -0.2) is 16.1 Å². The number of aromatic nitrogens is 2. The third kappa shape index (κ3) is 5.63. The summed E-state index contributed by atoms with van der Waals surface area (Å²) in [6, 6.07) is 13.6. The van der Waals surface area contributed by atoms with Crippen LogP contribution in [0, 0.1) is 18.3 Å². The second kappa shape index (κ2) is 9.94. The Morgan fingerprint density at radius 2 is 1.97 bits per heavy atom. The van der Waals surface area contributed by atoms with Crippen molar-refractivity contribution in [1.29, 1.82) is 5.26 Å². The van der Waals surface area contributed by atoms with Gasteiger partial charge in [-0.05, 0) is 44.0 Å². The van der Waals surface area contributed by atoms with Gasteiger partial charge in [-0.1, -0.05) is 60.1 Å². The van der Waals surface area contributed by atoms with Gasteiger partial charge in [0.25, 0.3) is 5.91 Å². The molecule has 0 bridgehead atoms. The average molecular weight is 451 g/mol. The maximum absolute atomic E-state index is 12.6. The number of anilines is 1. The second-order valence-electron chi connectivity index (χ2n) is 7.48. The van der Waals surface area contributed by atoms with E-state index in [1.165, 1.54) is 54.0 Å². The first-order valence-electron chi connectivity index (χ1n) is 10.2. The van der Waals surface area contributed by atoms with Crippen molar-refractivity contribution in [1.82, 2.24) is 10.2 Å². The number of furan rings is 1. The summed E-state index contributed by atoms with van der Waals surface area (Å²) in [7, 11) is 0. The van der Waals surface area contributed by atoms with Crippen LogP contribution in [0.4, 0.5) is 5.13 Å². The molecule has 1 saturated carbocycles. The number of nitrogens with zero attached hydrogens (tertiary/aromatic N) is 3. The molecule has 6 nitrogen and oxygen atoms in total. The average Bonchev–Trinajstić information content (AvgIpc) is 3.44. The van der Waals surface area contributed by atoms with Crippen LogP contribution in [0.25, 0.3) is 6.08 Å². The number of nitrogens with one attached hydrogen (secondary N) is 1. The van der Waals surface area contributed by atoms with Crippen molar-refractivity contribution in [3.8, 4) is 6.07 Å². The minimum atomic E-state index is -0.516. The molecule has 31 heavy (non-hydrogen) atoms. The zero-order chi connectivity index (χ0) is 21.6. The van der Waals surface area contributed by atoms with E-state index in [9.17, 15) is 10.1 Å². The number of nitriles is 1. The Labute approximate surface area is 189 Å². The van der Waals surface area contributed by atoms with Gasteiger partial charge in [-0.2, -0.15) is 5.26 Å². The van der Waals surface area contributed by atoms with Crippen LogP contribution in [0.5, 0.6) is 0 Å². The van der Waals surface area contributed by atoms with Gasteiger partial charge in [0.2, 0.25) is 5.13 Å². The van der Waals surface area contributed by atoms with E-state index < -0.39 is 5.91 Å². The molecule has 0 radical (unpaired) electrons. The monoisotopic (exact) mass is 450 g/mol. The molecule has 2 aromatic heterocycles. The molecular formula is C23H22N4O2S2. The van der Waals surface area contributed by atoms with Crippen LogP contribution in [0.3, 0.4) is 0 Å². The SMILES string of the molecule is Cc1ccc(Sc2ccc(/C=C(/C#N)C(=O)Nc3nnc(C4CCCCC4)s3)o2)cc1. The van der Waals surface area contributed by atoms with E-state index in [1.54, 1.807) is 6.07 Å². The molecule has 158 valence electrons. The number of benzene rings is 1. The van der Waals surface area contributed by atoms with Crippen molar-refractivity contribution in [2.45, 2.75) is 54.9 Å². The largest absolute Gasteiger partial charge is 0.450 e. The Hall–Kier alpha value is -2.89. The van der Waals surface area contributed by atoms with Gasteiger partial charge in [0.15, 0.2) is 5.09 Å². The number of aryl methyl sites for hydroxylation is 1. The molecule has 0 unspecified atom stereocenters. The molecule has 0 aliphatic heterocycles. The van der Waals surface area contributed by atoms with Crippen LogP contribution < -0.4 is 5.32 Å². The highest BCUT2D eigenvalue weighted by atomic mass is 32.2. The van der Waals surface area contributed by atoms with Crippen LogP contribution >= 0.6 is 23.1 Å².